The van der Waals surface area contributed by atoms with Gasteiger partial charge in [0.25, 0.3) is 11.6 Å². The topological polar surface area (TPSA) is 107 Å². The summed E-state index contributed by atoms with van der Waals surface area (Å²) in [6, 6.07) is 10.5. The minimum absolute atomic E-state index is 0.0117. The summed E-state index contributed by atoms with van der Waals surface area (Å²) in [5.74, 6) is -1.57. The van der Waals surface area contributed by atoms with Crippen LogP contribution in [0.15, 0.2) is 47.4 Å². The molecule has 0 heterocycles. The molecule has 9 heteroatoms. The van der Waals surface area contributed by atoms with Crippen molar-refractivity contribution in [3.63, 3.8) is 0 Å². The molecular weight excluding hydrogens is 456 g/mol. The zero-order valence-corrected chi connectivity index (χ0v) is 20.1. The van der Waals surface area contributed by atoms with Crippen LogP contribution in [0, 0.1) is 10.1 Å². The van der Waals surface area contributed by atoms with E-state index < -0.39 is 23.3 Å². The third-order valence-corrected chi connectivity index (χ3v) is 6.82. The number of rotatable bonds is 9. The highest BCUT2D eigenvalue weighted by molar-refractivity contribution is 7.98. The maximum Gasteiger partial charge on any atom is 0.339 e. The highest BCUT2D eigenvalue weighted by atomic mass is 32.2. The molecule has 1 aliphatic carbocycles. The van der Waals surface area contributed by atoms with E-state index in [0.29, 0.717) is 11.4 Å². The molecule has 1 fully saturated rings. The van der Waals surface area contributed by atoms with Crippen molar-refractivity contribution < 1.29 is 24.0 Å². The summed E-state index contributed by atoms with van der Waals surface area (Å²) in [7, 11) is 0. The number of hydrogen-bond donors (Lipinski definition) is 0. The number of ketones is 1. The maximum atomic E-state index is 13.1. The number of nitro benzene ring substituents is 1. The van der Waals surface area contributed by atoms with E-state index in [2.05, 4.69) is 0 Å². The smallest absolute Gasteiger partial charge is 0.339 e. The number of carbonyl (C=O) groups is 3. The third kappa shape index (κ3) is 5.83. The van der Waals surface area contributed by atoms with E-state index in [1.807, 2.05) is 6.92 Å². The lowest BCUT2D eigenvalue weighted by Crippen LogP contribution is -2.43. The Bertz CT molecular complexity index is 1080. The highest BCUT2D eigenvalue weighted by Gasteiger charge is 2.26. The summed E-state index contributed by atoms with van der Waals surface area (Å²) < 4.78 is 5.29. The van der Waals surface area contributed by atoms with E-state index in [4.69, 9.17) is 4.74 Å². The van der Waals surface area contributed by atoms with Crippen molar-refractivity contribution >= 4 is 35.1 Å². The Labute approximate surface area is 202 Å². The Hall–Kier alpha value is -3.20. The molecule has 34 heavy (non-hydrogen) atoms. The molecule has 0 aliphatic heterocycles. The van der Waals surface area contributed by atoms with Gasteiger partial charge < -0.3 is 9.64 Å². The van der Waals surface area contributed by atoms with Gasteiger partial charge in [0.2, 0.25) is 0 Å². The van der Waals surface area contributed by atoms with Crippen molar-refractivity contribution in [2.24, 2.45) is 0 Å². The van der Waals surface area contributed by atoms with Crippen LogP contribution >= 0.6 is 11.8 Å². The van der Waals surface area contributed by atoms with Crippen LogP contribution in [0.25, 0.3) is 0 Å². The summed E-state index contributed by atoms with van der Waals surface area (Å²) in [4.78, 5) is 51.7. The zero-order chi connectivity index (χ0) is 24.7. The molecule has 0 N–H and O–H groups in total. The summed E-state index contributed by atoms with van der Waals surface area (Å²) in [6.07, 6.45) is 6.95. The van der Waals surface area contributed by atoms with E-state index in [9.17, 15) is 24.5 Å². The summed E-state index contributed by atoms with van der Waals surface area (Å²) in [6.45, 7) is 2.05. The van der Waals surface area contributed by atoms with Gasteiger partial charge in [-0.2, -0.15) is 0 Å². The Balaban J connectivity index is 1.76. The average Bonchev–Trinajstić information content (AvgIpc) is 2.87. The van der Waals surface area contributed by atoms with Crippen molar-refractivity contribution in [1.82, 2.24) is 4.90 Å². The minimum Gasteiger partial charge on any atom is -0.452 e. The molecule has 1 amide bonds. The van der Waals surface area contributed by atoms with Gasteiger partial charge in [0, 0.05) is 29.8 Å². The molecule has 0 radical (unpaired) electrons. The van der Waals surface area contributed by atoms with Crippen LogP contribution in [-0.2, 0) is 9.53 Å². The number of likely N-dealkylation sites (N-methyl/N-ethyl adjacent to an activating group) is 1. The Morgan fingerprint density at radius 2 is 1.76 bits per heavy atom. The van der Waals surface area contributed by atoms with Crippen LogP contribution in [0.5, 0.6) is 0 Å². The monoisotopic (exact) mass is 484 g/mol. The summed E-state index contributed by atoms with van der Waals surface area (Å²) >= 11 is 1.21. The number of nitrogens with zero attached hydrogens (tertiary/aromatic N) is 2. The van der Waals surface area contributed by atoms with E-state index >= 15 is 0 Å². The third-order valence-electron chi connectivity index (χ3n) is 6.03. The van der Waals surface area contributed by atoms with Crippen LogP contribution in [0.1, 0.15) is 65.3 Å². The van der Waals surface area contributed by atoms with E-state index in [-0.39, 0.29) is 34.3 Å². The molecule has 0 bridgehead atoms. The molecule has 0 aromatic heterocycles. The van der Waals surface area contributed by atoms with Crippen molar-refractivity contribution in [2.75, 3.05) is 19.4 Å². The zero-order valence-electron chi connectivity index (χ0n) is 19.3. The number of esters is 1. The van der Waals surface area contributed by atoms with Crippen LogP contribution in [0.3, 0.4) is 0 Å². The van der Waals surface area contributed by atoms with Gasteiger partial charge in [0.05, 0.1) is 15.4 Å². The molecule has 8 nitrogen and oxygen atoms in total. The first-order valence-electron chi connectivity index (χ1n) is 11.3. The number of amides is 1. The fraction of sp³-hybridized carbons (Fsp3) is 0.400. The first-order chi connectivity index (χ1) is 16.4. The maximum absolute atomic E-state index is 13.1. The first-order valence-corrected chi connectivity index (χ1v) is 12.5. The molecule has 180 valence electrons. The molecule has 1 saturated carbocycles. The molecule has 0 saturated heterocycles. The largest absolute Gasteiger partial charge is 0.452 e. The molecule has 3 rings (SSSR count). The number of benzene rings is 2. The molecule has 1 aliphatic rings. The van der Waals surface area contributed by atoms with E-state index in [0.717, 1.165) is 25.7 Å². The number of hydrogen-bond acceptors (Lipinski definition) is 7. The summed E-state index contributed by atoms with van der Waals surface area (Å²) in [5, 5.41) is 11.4. The Kier molecular flexibility index (Phi) is 8.81. The van der Waals surface area contributed by atoms with E-state index in [1.54, 1.807) is 23.3 Å². The lowest BCUT2D eigenvalue weighted by molar-refractivity contribution is -0.387. The van der Waals surface area contributed by atoms with Gasteiger partial charge in [-0.3, -0.25) is 19.7 Å². The second-order valence-corrected chi connectivity index (χ2v) is 8.91. The molecule has 0 spiro atoms. The van der Waals surface area contributed by atoms with Gasteiger partial charge >= 0.3 is 5.97 Å². The standard InChI is InChI=1S/C25H28N2O6S/c1-3-26(18-9-5-4-6-10-18)23(28)16-33-25(30)20-12-8-7-11-19(20)24(29)17-13-14-22(34-2)21(15-17)27(31)32/h7-8,11-15,18H,3-6,9-10,16H2,1-2H3. The number of nitro groups is 1. The van der Waals surface area contributed by atoms with E-state index in [1.165, 1.54) is 48.5 Å². The Morgan fingerprint density at radius 3 is 2.38 bits per heavy atom. The lowest BCUT2D eigenvalue weighted by Gasteiger charge is -2.33. The highest BCUT2D eigenvalue weighted by Crippen LogP contribution is 2.29. The molecule has 2 aromatic rings. The minimum atomic E-state index is -0.785. The van der Waals surface area contributed by atoms with Crippen molar-refractivity contribution in [3.8, 4) is 0 Å². The van der Waals surface area contributed by atoms with Crippen LogP contribution in [0.2, 0.25) is 0 Å². The van der Waals surface area contributed by atoms with Crippen LogP contribution in [0.4, 0.5) is 5.69 Å². The number of carbonyl (C=O) groups excluding carboxylic acids is 3. The molecule has 0 atom stereocenters. The second-order valence-electron chi connectivity index (χ2n) is 8.07. The van der Waals surface area contributed by atoms with Gasteiger partial charge in [0.1, 0.15) is 0 Å². The Morgan fingerprint density at radius 1 is 1.09 bits per heavy atom. The molecular formula is C25H28N2O6S. The lowest BCUT2D eigenvalue weighted by atomic mass is 9.94. The fourth-order valence-corrected chi connectivity index (χ4v) is 4.85. The van der Waals surface area contributed by atoms with Crippen molar-refractivity contribution in [1.29, 1.82) is 0 Å². The van der Waals surface area contributed by atoms with Gasteiger partial charge in [-0.1, -0.05) is 37.5 Å². The van der Waals surface area contributed by atoms with Gasteiger partial charge in [-0.15, -0.1) is 11.8 Å². The van der Waals surface area contributed by atoms with Gasteiger partial charge in [-0.05, 0) is 44.2 Å². The van der Waals surface area contributed by atoms with Crippen LogP contribution < -0.4 is 0 Å². The predicted molar refractivity (Wildman–Crippen MR) is 129 cm³/mol. The molecule has 0 unspecified atom stereocenters. The van der Waals surface area contributed by atoms with Gasteiger partial charge in [0.15, 0.2) is 12.4 Å². The summed E-state index contributed by atoms with van der Waals surface area (Å²) in [5.41, 5.74) is -0.00922. The molecule has 2 aromatic carbocycles. The fourth-order valence-electron chi connectivity index (χ4n) is 4.31. The van der Waals surface area contributed by atoms with Crippen molar-refractivity contribution in [2.45, 2.75) is 50.0 Å². The first kappa shape index (κ1) is 25.4. The predicted octanol–water partition coefficient (Wildman–Crippen LogP) is 4.89. The number of thioether (sulfide) groups is 1. The van der Waals surface area contributed by atoms with Crippen LogP contribution in [-0.4, -0.2) is 52.9 Å². The SMILES string of the molecule is CCN(C(=O)COC(=O)c1ccccc1C(=O)c1ccc(SC)c([N+](=O)[O-])c1)C1CCCCC1. The number of ether oxygens (including phenoxy) is 1. The van der Waals surface area contributed by atoms with Crippen molar-refractivity contribution in [3.05, 3.63) is 69.3 Å². The average molecular weight is 485 g/mol. The second kappa shape index (κ2) is 11.8. The quantitative estimate of drug-likeness (QED) is 0.164. The van der Waals surface area contributed by atoms with Gasteiger partial charge in [-0.25, -0.2) is 4.79 Å². The normalized spacial score (nSPS) is 13.8.